The minimum absolute atomic E-state index is 0.0120. The van der Waals surface area contributed by atoms with Crippen molar-refractivity contribution in [3.05, 3.63) is 71.2 Å². The number of cyclic esters (lactones) is 1. The van der Waals surface area contributed by atoms with Gasteiger partial charge in [0.1, 0.15) is 12.3 Å². The van der Waals surface area contributed by atoms with E-state index in [0.29, 0.717) is 11.4 Å². The summed E-state index contributed by atoms with van der Waals surface area (Å²) in [5.41, 5.74) is 1.24. The number of pyridine rings is 1. The summed E-state index contributed by atoms with van der Waals surface area (Å²) in [4.78, 5) is 31.7. The molecule has 0 saturated carbocycles. The Bertz CT molecular complexity index is 1110. The van der Waals surface area contributed by atoms with Crippen LogP contribution in [0.2, 0.25) is 0 Å². The molecular formula is C18H12F3N5O3. The van der Waals surface area contributed by atoms with Gasteiger partial charge in [-0.1, -0.05) is 0 Å². The van der Waals surface area contributed by atoms with Gasteiger partial charge >= 0.3 is 6.09 Å². The summed E-state index contributed by atoms with van der Waals surface area (Å²) in [6, 6.07) is 3.22. The number of aromatic nitrogens is 3. The molecule has 0 bridgehead atoms. The van der Waals surface area contributed by atoms with Gasteiger partial charge in [-0.15, -0.1) is 0 Å². The molecule has 29 heavy (non-hydrogen) atoms. The monoisotopic (exact) mass is 403 g/mol. The fraction of sp³-hybridized carbons (Fsp3) is 0.111. The van der Waals surface area contributed by atoms with Crippen molar-refractivity contribution in [3.63, 3.8) is 0 Å². The van der Waals surface area contributed by atoms with Crippen molar-refractivity contribution in [1.82, 2.24) is 14.5 Å². The maximum Gasteiger partial charge on any atom is 0.412 e. The van der Waals surface area contributed by atoms with E-state index >= 15 is 0 Å². The molecule has 0 saturated heterocycles. The van der Waals surface area contributed by atoms with Crippen LogP contribution in [0.4, 0.5) is 29.5 Å². The molecule has 0 aliphatic carbocycles. The van der Waals surface area contributed by atoms with Gasteiger partial charge < -0.3 is 14.6 Å². The molecule has 1 aromatic carbocycles. The normalized spacial score (nSPS) is 12.7. The summed E-state index contributed by atoms with van der Waals surface area (Å²) in [5, 5.41) is 5.00. The number of halogens is 3. The third kappa shape index (κ3) is 3.88. The molecule has 11 heteroatoms. The highest BCUT2D eigenvalue weighted by Crippen LogP contribution is 2.21. The van der Waals surface area contributed by atoms with Crippen molar-refractivity contribution in [2.24, 2.45) is 0 Å². The molecule has 0 radical (unpaired) electrons. The number of fused-ring (bicyclic) bond motifs is 1. The van der Waals surface area contributed by atoms with Crippen molar-refractivity contribution in [2.45, 2.75) is 13.2 Å². The van der Waals surface area contributed by atoms with Gasteiger partial charge in [0, 0.05) is 18.9 Å². The minimum atomic E-state index is -1.53. The Kier molecular flexibility index (Phi) is 4.63. The summed E-state index contributed by atoms with van der Waals surface area (Å²) in [5.74, 6) is -4.45. The molecule has 1 aliphatic heterocycles. The first kappa shape index (κ1) is 18.5. The Morgan fingerprint density at radius 1 is 1.21 bits per heavy atom. The van der Waals surface area contributed by atoms with Gasteiger partial charge in [-0.05, 0) is 23.8 Å². The average Bonchev–Trinajstić information content (AvgIpc) is 3.12. The highest BCUT2D eigenvalue weighted by Gasteiger charge is 2.19. The predicted octanol–water partition coefficient (Wildman–Crippen LogP) is 3.06. The molecule has 148 valence electrons. The number of nitrogens with one attached hydrogen (secondary N) is 2. The quantitative estimate of drug-likeness (QED) is 0.653. The SMILES string of the molecule is O=C1Nc2cc(C(=O)Nc3cn(Cc4cc(F)c(F)c(F)c4)cn3)cnc2CO1. The van der Waals surface area contributed by atoms with Crippen LogP contribution in [0.25, 0.3) is 0 Å². The van der Waals surface area contributed by atoms with Crippen LogP contribution in [0.15, 0.2) is 36.9 Å². The Morgan fingerprint density at radius 2 is 1.97 bits per heavy atom. The molecule has 2 amide bonds. The highest BCUT2D eigenvalue weighted by atomic mass is 19.2. The number of rotatable bonds is 4. The number of benzene rings is 1. The second kappa shape index (κ2) is 7.26. The minimum Gasteiger partial charge on any atom is -0.443 e. The Labute approximate surface area is 161 Å². The first-order valence-electron chi connectivity index (χ1n) is 8.28. The lowest BCUT2D eigenvalue weighted by Crippen LogP contribution is -2.22. The van der Waals surface area contributed by atoms with Crippen LogP contribution >= 0.6 is 0 Å². The van der Waals surface area contributed by atoms with E-state index in [9.17, 15) is 22.8 Å². The molecule has 0 fully saturated rings. The van der Waals surface area contributed by atoms with Crippen LogP contribution in [-0.4, -0.2) is 26.5 Å². The summed E-state index contributed by atoms with van der Waals surface area (Å²) in [6.45, 7) is 0.0292. The molecule has 0 atom stereocenters. The van der Waals surface area contributed by atoms with E-state index in [4.69, 9.17) is 4.74 Å². The van der Waals surface area contributed by atoms with Crippen LogP contribution < -0.4 is 10.6 Å². The lowest BCUT2D eigenvalue weighted by molar-refractivity contribution is 0.102. The average molecular weight is 403 g/mol. The van der Waals surface area contributed by atoms with Crippen LogP contribution in [0.5, 0.6) is 0 Å². The van der Waals surface area contributed by atoms with E-state index in [1.807, 2.05) is 0 Å². The van der Waals surface area contributed by atoms with E-state index in [2.05, 4.69) is 20.6 Å². The molecule has 8 nitrogen and oxygen atoms in total. The van der Waals surface area contributed by atoms with Gasteiger partial charge in [0.05, 0.1) is 17.6 Å². The van der Waals surface area contributed by atoms with Crippen LogP contribution in [0, 0.1) is 17.5 Å². The zero-order valence-electron chi connectivity index (χ0n) is 14.6. The Balaban J connectivity index is 1.46. The second-order valence-electron chi connectivity index (χ2n) is 6.18. The van der Waals surface area contributed by atoms with Gasteiger partial charge in [-0.2, -0.15) is 0 Å². The molecule has 2 aromatic heterocycles. The van der Waals surface area contributed by atoms with E-state index in [1.165, 1.54) is 29.4 Å². The smallest absolute Gasteiger partial charge is 0.412 e. The number of amides is 2. The number of ether oxygens (including phenoxy) is 1. The molecule has 2 N–H and O–H groups in total. The predicted molar refractivity (Wildman–Crippen MR) is 93.6 cm³/mol. The fourth-order valence-corrected chi connectivity index (χ4v) is 2.73. The van der Waals surface area contributed by atoms with Gasteiger partial charge in [0.25, 0.3) is 5.91 Å². The number of carbonyl (C=O) groups excluding carboxylic acids is 2. The van der Waals surface area contributed by atoms with Crippen LogP contribution in [-0.2, 0) is 17.9 Å². The third-order valence-corrected chi connectivity index (χ3v) is 4.09. The van der Waals surface area contributed by atoms with Crippen LogP contribution in [0.3, 0.4) is 0 Å². The largest absolute Gasteiger partial charge is 0.443 e. The molecule has 1 aliphatic rings. The maximum atomic E-state index is 13.3. The number of imidazole rings is 1. The molecule has 3 aromatic rings. The van der Waals surface area contributed by atoms with Crippen LogP contribution in [0.1, 0.15) is 21.6 Å². The lowest BCUT2D eigenvalue weighted by Gasteiger charge is -2.16. The molecule has 3 heterocycles. The summed E-state index contributed by atoms with van der Waals surface area (Å²) in [6.07, 6.45) is 3.48. The van der Waals surface area contributed by atoms with Crippen molar-refractivity contribution in [2.75, 3.05) is 10.6 Å². The van der Waals surface area contributed by atoms with Gasteiger partial charge in [-0.3, -0.25) is 15.1 Å². The number of nitrogens with zero attached hydrogens (tertiary/aromatic N) is 3. The first-order chi connectivity index (χ1) is 13.9. The molecule has 0 spiro atoms. The summed E-state index contributed by atoms with van der Waals surface area (Å²) < 4.78 is 45.9. The lowest BCUT2D eigenvalue weighted by atomic mass is 10.2. The van der Waals surface area contributed by atoms with Crippen molar-refractivity contribution in [1.29, 1.82) is 0 Å². The van der Waals surface area contributed by atoms with Gasteiger partial charge in [0.15, 0.2) is 23.3 Å². The zero-order chi connectivity index (χ0) is 20.5. The standard InChI is InChI=1S/C18H12F3N5O3/c19-11-1-9(2-12(20)16(11)21)5-26-6-15(23-8-26)25-17(27)10-3-13-14(22-4-10)7-29-18(28)24-13/h1-4,6,8H,5,7H2,(H,24,28)(H,25,27). The summed E-state index contributed by atoms with van der Waals surface area (Å²) in [7, 11) is 0. The summed E-state index contributed by atoms with van der Waals surface area (Å²) >= 11 is 0. The topological polar surface area (TPSA) is 98.1 Å². The molecule has 4 rings (SSSR count). The van der Waals surface area contributed by atoms with Gasteiger partial charge in [-0.25, -0.2) is 22.9 Å². The van der Waals surface area contributed by atoms with E-state index in [0.717, 1.165) is 12.1 Å². The maximum absolute atomic E-state index is 13.3. The number of carbonyl (C=O) groups is 2. The third-order valence-electron chi connectivity index (χ3n) is 4.09. The zero-order valence-corrected chi connectivity index (χ0v) is 14.6. The highest BCUT2D eigenvalue weighted by molar-refractivity contribution is 6.04. The molecule has 0 unspecified atom stereocenters. The molecular weight excluding hydrogens is 391 g/mol. The van der Waals surface area contributed by atoms with Gasteiger partial charge in [0.2, 0.25) is 0 Å². The Morgan fingerprint density at radius 3 is 2.72 bits per heavy atom. The van der Waals surface area contributed by atoms with E-state index in [1.54, 1.807) is 0 Å². The van der Waals surface area contributed by atoms with E-state index in [-0.39, 0.29) is 30.1 Å². The number of hydrogen-bond acceptors (Lipinski definition) is 5. The number of hydrogen-bond donors (Lipinski definition) is 2. The fourth-order valence-electron chi connectivity index (χ4n) is 2.73. The first-order valence-corrected chi connectivity index (χ1v) is 8.28. The second-order valence-corrected chi connectivity index (χ2v) is 6.18. The van der Waals surface area contributed by atoms with Crippen molar-refractivity contribution < 1.29 is 27.5 Å². The number of anilines is 2. The van der Waals surface area contributed by atoms with E-state index < -0.39 is 29.5 Å². The van der Waals surface area contributed by atoms with Crippen molar-refractivity contribution in [3.8, 4) is 0 Å². The van der Waals surface area contributed by atoms with Crippen molar-refractivity contribution >= 4 is 23.5 Å². The Hall–Kier alpha value is -3.89.